The van der Waals surface area contributed by atoms with Gasteiger partial charge in [-0.05, 0) is 75.2 Å². The molecule has 0 spiro atoms. The zero-order chi connectivity index (χ0) is 16.9. The van der Waals surface area contributed by atoms with Gasteiger partial charge in [-0.25, -0.2) is 0 Å². The number of hydrogen-bond acceptors (Lipinski definition) is 2. The van der Waals surface area contributed by atoms with Crippen LogP contribution in [0.25, 0.3) is 0 Å². The smallest absolute Gasteiger partial charge is 0.0408 e. The minimum absolute atomic E-state index is 0.375. The van der Waals surface area contributed by atoms with Crippen molar-refractivity contribution in [3.63, 3.8) is 0 Å². The molecular formula is C21H33ClN2. The first-order valence-corrected chi connectivity index (χ1v) is 10.2. The van der Waals surface area contributed by atoms with Crippen molar-refractivity contribution in [1.29, 1.82) is 0 Å². The van der Waals surface area contributed by atoms with Gasteiger partial charge in [-0.2, -0.15) is 0 Å². The highest BCUT2D eigenvalue weighted by atomic mass is 35.5. The van der Waals surface area contributed by atoms with Crippen molar-refractivity contribution < 1.29 is 0 Å². The topological polar surface area (TPSA) is 29.3 Å². The minimum atomic E-state index is 0.375. The Morgan fingerprint density at radius 3 is 2.62 bits per heavy atom. The Bertz CT molecular complexity index is 510. The second kappa shape index (κ2) is 8.69. The van der Waals surface area contributed by atoms with Gasteiger partial charge in [0.15, 0.2) is 0 Å². The van der Waals surface area contributed by atoms with E-state index in [-0.39, 0.29) is 0 Å². The van der Waals surface area contributed by atoms with Crippen LogP contribution in [-0.4, -0.2) is 30.6 Å². The predicted octanol–water partition coefficient (Wildman–Crippen LogP) is 5.21. The molecule has 3 atom stereocenters. The Labute approximate surface area is 152 Å². The summed E-state index contributed by atoms with van der Waals surface area (Å²) in [6.07, 6.45) is 11.9. The van der Waals surface area contributed by atoms with Crippen molar-refractivity contribution >= 4 is 11.6 Å². The van der Waals surface area contributed by atoms with Gasteiger partial charge in [0.05, 0.1) is 0 Å². The Morgan fingerprint density at radius 2 is 1.92 bits per heavy atom. The maximum absolute atomic E-state index is 6.32. The standard InChI is InChI=1S/C21H33ClN2/c1-24-12-11-19(23)14-20(24)15-21(16-7-4-2-3-5-8-16)17-9-6-10-18(22)13-17/h6,9-10,13,16,19-21H,2-5,7-8,11-12,14-15,23H2,1H3. The molecule has 1 saturated heterocycles. The number of nitrogens with zero attached hydrogens (tertiary/aromatic N) is 1. The molecule has 1 aliphatic heterocycles. The average molecular weight is 349 g/mol. The van der Waals surface area contributed by atoms with Gasteiger partial charge in [0, 0.05) is 17.1 Å². The third-order valence-electron chi connectivity index (χ3n) is 6.32. The van der Waals surface area contributed by atoms with Crippen LogP contribution in [-0.2, 0) is 0 Å². The molecule has 1 aromatic carbocycles. The van der Waals surface area contributed by atoms with E-state index in [1.807, 2.05) is 6.07 Å². The SMILES string of the molecule is CN1CCC(N)CC1CC(c1cccc(Cl)c1)C1CCCCCC1. The van der Waals surface area contributed by atoms with Crippen molar-refractivity contribution in [2.45, 2.75) is 75.8 Å². The second-order valence-electron chi connectivity index (χ2n) is 8.07. The van der Waals surface area contributed by atoms with Gasteiger partial charge in [0.25, 0.3) is 0 Å². The van der Waals surface area contributed by atoms with E-state index in [4.69, 9.17) is 17.3 Å². The van der Waals surface area contributed by atoms with Crippen LogP contribution >= 0.6 is 11.6 Å². The zero-order valence-electron chi connectivity index (χ0n) is 15.1. The maximum atomic E-state index is 6.32. The summed E-state index contributed by atoms with van der Waals surface area (Å²) in [5.41, 5.74) is 7.73. The van der Waals surface area contributed by atoms with Crippen molar-refractivity contribution in [2.24, 2.45) is 11.7 Å². The van der Waals surface area contributed by atoms with Crippen molar-refractivity contribution in [1.82, 2.24) is 4.90 Å². The van der Waals surface area contributed by atoms with Crippen LogP contribution in [0.1, 0.15) is 69.3 Å². The van der Waals surface area contributed by atoms with Gasteiger partial charge in [-0.15, -0.1) is 0 Å². The number of rotatable bonds is 4. The number of likely N-dealkylation sites (tertiary alicyclic amines) is 1. The number of hydrogen-bond donors (Lipinski definition) is 1. The first-order chi connectivity index (χ1) is 11.6. The van der Waals surface area contributed by atoms with E-state index in [0.29, 0.717) is 18.0 Å². The molecule has 0 bridgehead atoms. The number of benzene rings is 1. The highest BCUT2D eigenvalue weighted by Crippen LogP contribution is 2.40. The van der Waals surface area contributed by atoms with Gasteiger partial charge in [0.2, 0.25) is 0 Å². The lowest BCUT2D eigenvalue weighted by Gasteiger charge is -2.39. The number of halogens is 1. The van der Waals surface area contributed by atoms with Gasteiger partial charge >= 0.3 is 0 Å². The Hall–Kier alpha value is -0.570. The Morgan fingerprint density at radius 1 is 1.17 bits per heavy atom. The number of nitrogens with two attached hydrogens (primary N) is 1. The van der Waals surface area contributed by atoms with Gasteiger partial charge in [0.1, 0.15) is 0 Å². The summed E-state index contributed by atoms with van der Waals surface area (Å²) in [6, 6.07) is 9.61. The lowest BCUT2D eigenvalue weighted by Crippen LogP contribution is -2.45. The van der Waals surface area contributed by atoms with Gasteiger partial charge in [-0.1, -0.05) is 49.4 Å². The molecule has 2 aliphatic rings. The zero-order valence-corrected chi connectivity index (χ0v) is 15.8. The molecule has 1 saturated carbocycles. The Kier molecular flexibility index (Phi) is 6.60. The lowest BCUT2D eigenvalue weighted by molar-refractivity contribution is 0.143. The van der Waals surface area contributed by atoms with Crippen LogP contribution in [0.3, 0.4) is 0 Å². The largest absolute Gasteiger partial charge is 0.328 e. The van der Waals surface area contributed by atoms with Crippen molar-refractivity contribution in [2.75, 3.05) is 13.6 Å². The molecule has 2 N–H and O–H groups in total. The van der Waals surface area contributed by atoms with E-state index >= 15 is 0 Å². The van der Waals surface area contributed by atoms with Crippen molar-refractivity contribution in [3.8, 4) is 0 Å². The van der Waals surface area contributed by atoms with E-state index in [2.05, 4.69) is 30.1 Å². The first-order valence-electron chi connectivity index (χ1n) is 9.85. The molecule has 1 aliphatic carbocycles. The quantitative estimate of drug-likeness (QED) is 0.757. The highest BCUT2D eigenvalue weighted by molar-refractivity contribution is 6.30. The van der Waals surface area contributed by atoms with Crippen molar-refractivity contribution in [3.05, 3.63) is 34.9 Å². The summed E-state index contributed by atoms with van der Waals surface area (Å²) in [4.78, 5) is 2.54. The van der Waals surface area contributed by atoms with Crippen LogP contribution in [0.15, 0.2) is 24.3 Å². The van der Waals surface area contributed by atoms with E-state index in [1.165, 1.54) is 50.5 Å². The van der Waals surface area contributed by atoms with Crippen LogP contribution < -0.4 is 5.73 Å². The Balaban J connectivity index is 1.80. The monoisotopic (exact) mass is 348 g/mol. The van der Waals surface area contributed by atoms with E-state index in [1.54, 1.807) is 0 Å². The van der Waals surface area contributed by atoms with E-state index in [0.717, 1.165) is 30.3 Å². The second-order valence-corrected chi connectivity index (χ2v) is 8.50. The molecular weight excluding hydrogens is 316 g/mol. The normalized spacial score (nSPS) is 28.5. The molecule has 1 aromatic rings. The van der Waals surface area contributed by atoms with Crippen LogP contribution in [0.4, 0.5) is 0 Å². The van der Waals surface area contributed by atoms with E-state index < -0.39 is 0 Å². The molecule has 0 radical (unpaired) electrons. The summed E-state index contributed by atoms with van der Waals surface area (Å²) in [5, 5.41) is 0.875. The number of piperidine rings is 1. The molecule has 3 unspecified atom stereocenters. The van der Waals surface area contributed by atoms with E-state index in [9.17, 15) is 0 Å². The predicted molar refractivity (Wildman–Crippen MR) is 104 cm³/mol. The third kappa shape index (κ3) is 4.74. The average Bonchev–Trinajstić information content (AvgIpc) is 2.85. The van der Waals surface area contributed by atoms with Crippen LogP contribution in [0.5, 0.6) is 0 Å². The fraction of sp³-hybridized carbons (Fsp3) is 0.714. The van der Waals surface area contributed by atoms with Gasteiger partial charge < -0.3 is 10.6 Å². The third-order valence-corrected chi connectivity index (χ3v) is 6.56. The van der Waals surface area contributed by atoms with Gasteiger partial charge in [-0.3, -0.25) is 0 Å². The molecule has 3 heteroatoms. The molecule has 2 nitrogen and oxygen atoms in total. The minimum Gasteiger partial charge on any atom is -0.328 e. The fourth-order valence-electron chi connectivity index (χ4n) is 4.82. The maximum Gasteiger partial charge on any atom is 0.0408 e. The summed E-state index contributed by atoms with van der Waals surface area (Å²) >= 11 is 6.32. The molecule has 0 amide bonds. The summed E-state index contributed by atoms with van der Waals surface area (Å²) in [6.45, 7) is 1.14. The molecule has 0 aromatic heterocycles. The fourth-order valence-corrected chi connectivity index (χ4v) is 5.02. The molecule has 1 heterocycles. The molecule has 134 valence electrons. The van der Waals surface area contributed by atoms with Crippen LogP contribution in [0.2, 0.25) is 5.02 Å². The molecule has 3 rings (SSSR count). The highest BCUT2D eigenvalue weighted by Gasteiger charge is 2.31. The molecule has 2 fully saturated rings. The lowest BCUT2D eigenvalue weighted by atomic mass is 9.76. The van der Waals surface area contributed by atoms with Crippen LogP contribution in [0, 0.1) is 5.92 Å². The summed E-state index contributed by atoms with van der Waals surface area (Å²) < 4.78 is 0. The molecule has 24 heavy (non-hydrogen) atoms. The summed E-state index contributed by atoms with van der Waals surface area (Å²) in [7, 11) is 2.28. The summed E-state index contributed by atoms with van der Waals surface area (Å²) in [5.74, 6) is 1.43. The first kappa shape index (κ1) is 18.2.